The number of rotatable bonds is 3. The standard InChI is InChI=1S/C16H17N3O/c1-11(18-19-16(20)15-6-3-9-17-15)13-8-7-12-4-2-5-14(12)10-13/h3,6-10,17H,2,4-5H2,1H3,(H,19,20)/b18-11-. The minimum atomic E-state index is -0.226. The summed E-state index contributed by atoms with van der Waals surface area (Å²) in [5.41, 5.74) is 7.82. The van der Waals surface area contributed by atoms with Crippen LogP contribution in [0, 0.1) is 0 Å². The molecule has 0 saturated carbocycles. The van der Waals surface area contributed by atoms with Crippen molar-refractivity contribution in [2.75, 3.05) is 0 Å². The highest BCUT2D eigenvalue weighted by atomic mass is 16.2. The lowest BCUT2D eigenvalue weighted by atomic mass is 10.0. The Kier molecular flexibility index (Phi) is 3.37. The first-order chi connectivity index (χ1) is 9.74. The highest BCUT2D eigenvalue weighted by molar-refractivity contribution is 6.00. The molecule has 1 aliphatic rings. The molecule has 2 aromatic rings. The van der Waals surface area contributed by atoms with E-state index in [0.717, 1.165) is 17.7 Å². The van der Waals surface area contributed by atoms with Gasteiger partial charge in [-0.05, 0) is 61.1 Å². The minimum Gasteiger partial charge on any atom is -0.357 e. The number of carbonyl (C=O) groups is 1. The van der Waals surface area contributed by atoms with E-state index in [1.165, 1.54) is 24.0 Å². The van der Waals surface area contributed by atoms with Crippen molar-refractivity contribution in [1.29, 1.82) is 0 Å². The summed E-state index contributed by atoms with van der Waals surface area (Å²) in [5, 5.41) is 4.17. The third kappa shape index (κ3) is 2.50. The van der Waals surface area contributed by atoms with E-state index >= 15 is 0 Å². The van der Waals surface area contributed by atoms with Crippen LogP contribution in [-0.2, 0) is 12.8 Å². The van der Waals surface area contributed by atoms with Crippen molar-refractivity contribution in [2.24, 2.45) is 5.10 Å². The third-order valence-corrected chi connectivity index (χ3v) is 3.68. The summed E-state index contributed by atoms with van der Waals surface area (Å²) < 4.78 is 0. The molecule has 3 rings (SSSR count). The third-order valence-electron chi connectivity index (χ3n) is 3.68. The van der Waals surface area contributed by atoms with E-state index in [1.807, 2.05) is 6.92 Å². The van der Waals surface area contributed by atoms with Gasteiger partial charge in [0.25, 0.3) is 5.91 Å². The number of aromatic amines is 1. The maximum atomic E-state index is 11.8. The fraction of sp³-hybridized carbons (Fsp3) is 0.250. The summed E-state index contributed by atoms with van der Waals surface area (Å²) in [6.45, 7) is 1.91. The molecule has 4 heteroatoms. The van der Waals surface area contributed by atoms with Gasteiger partial charge in [0.05, 0.1) is 5.71 Å². The lowest BCUT2D eigenvalue weighted by Crippen LogP contribution is -2.19. The van der Waals surface area contributed by atoms with Crippen LogP contribution in [0.4, 0.5) is 0 Å². The van der Waals surface area contributed by atoms with Crippen LogP contribution >= 0.6 is 0 Å². The van der Waals surface area contributed by atoms with Gasteiger partial charge in [-0.25, -0.2) is 5.43 Å². The van der Waals surface area contributed by atoms with Crippen LogP contribution < -0.4 is 5.43 Å². The fourth-order valence-corrected chi connectivity index (χ4v) is 2.53. The van der Waals surface area contributed by atoms with Gasteiger partial charge in [-0.2, -0.15) is 5.10 Å². The molecule has 4 nitrogen and oxygen atoms in total. The minimum absolute atomic E-state index is 0.226. The van der Waals surface area contributed by atoms with Gasteiger partial charge in [-0.15, -0.1) is 0 Å². The Balaban J connectivity index is 1.73. The van der Waals surface area contributed by atoms with Crippen molar-refractivity contribution in [1.82, 2.24) is 10.4 Å². The van der Waals surface area contributed by atoms with Crippen molar-refractivity contribution in [3.8, 4) is 0 Å². The molecule has 1 amide bonds. The topological polar surface area (TPSA) is 57.2 Å². The van der Waals surface area contributed by atoms with Crippen LogP contribution in [0.3, 0.4) is 0 Å². The van der Waals surface area contributed by atoms with E-state index in [0.29, 0.717) is 5.69 Å². The van der Waals surface area contributed by atoms with Crippen LogP contribution in [0.1, 0.15) is 40.5 Å². The number of aromatic nitrogens is 1. The Morgan fingerprint density at radius 1 is 1.25 bits per heavy atom. The van der Waals surface area contributed by atoms with E-state index in [1.54, 1.807) is 18.3 Å². The second kappa shape index (κ2) is 5.33. The van der Waals surface area contributed by atoms with Gasteiger partial charge < -0.3 is 4.98 Å². The predicted octanol–water partition coefficient (Wildman–Crippen LogP) is 2.66. The van der Waals surface area contributed by atoms with Crippen LogP contribution in [-0.4, -0.2) is 16.6 Å². The number of carbonyl (C=O) groups excluding carboxylic acids is 1. The fourth-order valence-electron chi connectivity index (χ4n) is 2.53. The number of hydrogen-bond donors (Lipinski definition) is 2. The molecule has 0 saturated heterocycles. The van der Waals surface area contributed by atoms with Crippen molar-refractivity contribution in [2.45, 2.75) is 26.2 Å². The van der Waals surface area contributed by atoms with Crippen LogP contribution in [0.25, 0.3) is 0 Å². The zero-order chi connectivity index (χ0) is 13.9. The summed E-state index contributed by atoms with van der Waals surface area (Å²) in [4.78, 5) is 14.6. The van der Waals surface area contributed by atoms with Gasteiger partial charge in [0.15, 0.2) is 0 Å². The Bertz CT molecular complexity index is 656. The van der Waals surface area contributed by atoms with Gasteiger partial charge in [0.2, 0.25) is 0 Å². The van der Waals surface area contributed by atoms with Gasteiger partial charge in [-0.1, -0.05) is 12.1 Å². The summed E-state index contributed by atoms with van der Waals surface area (Å²) in [5.74, 6) is -0.226. The molecule has 0 spiro atoms. The molecule has 1 heterocycles. The normalized spacial score (nSPS) is 14.2. The Morgan fingerprint density at radius 3 is 2.90 bits per heavy atom. The van der Waals surface area contributed by atoms with Crippen LogP contribution in [0.2, 0.25) is 0 Å². The first-order valence-corrected chi connectivity index (χ1v) is 6.84. The average Bonchev–Trinajstić information content (AvgIpc) is 3.13. The van der Waals surface area contributed by atoms with Gasteiger partial charge in [-0.3, -0.25) is 4.79 Å². The first kappa shape index (κ1) is 12.7. The Hall–Kier alpha value is -2.36. The van der Waals surface area contributed by atoms with Crippen molar-refractivity contribution in [3.05, 3.63) is 58.9 Å². The summed E-state index contributed by atoms with van der Waals surface area (Å²) in [6, 6.07) is 9.93. The quantitative estimate of drug-likeness (QED) is 0.652. The molecule has 1 aromatic carbocycles. The maximum absolute atomic E-state index is 11.8. The number of nitrogens with one attached hydrogen (secondary N) is 2. The monoisotopic (exact) mass is 267 g/mol. The molecular formula is C16H17N3O. The number of nitrogens with zero attached hydrogens (tertiary/aromatic N) is 1. The number of hydrazone groups is 1. The largest absolute Gasteiger partial charge is 0.357 e. The number of hydrogen-bond acceptors (Lipinski definition) is 2. The van der Waals surface area contributed by atoms with Crippen LogP contribution in [0.15, 0.2) is 41.6 Å². The molecule has 0 bridgehead atoms. The second-order valence-electron chi connectivity index (χ2n) is 5.06. The molecular weight excluding hydrogens is 250 g/mol. The molecule has 1 aromatic heterocycles. The molecule has 0 fully saturated rings. The zero-order valence-electron chi connectivity index (χ0n) is 11.4. The summed E-state index contributed by atoms with van der Waals surface area (Å²) >= 11 is 0. The molecule has 1 aliphatic carbocycles. The Labute approximate surface area is 117 Å². The second-order valence-corrected chi connectivity index (χ2v) is 5.06. The maximum Gasteiger partial charge on any atom is 0.287 e. The number of H-pyrrole nitrogens is 1. The first-order valence-electron chi connectivity index (χ1n) is 6.84. The van der Waals surface area contributed by atoms with E-state index in [2.05, 4.69) is 33.7 Å². The lowest BCUT2D eigenvalue weighted by Gasteiger charge is -2.05. The molecule has 0 radical (unpaired) electrons. The average molecular weight is 267 g/mol. The van der Waals surface area contributed by atoms with E-state index < -0.39 is 0 Å². The summed E-state index contributed by atoms with van der Waals surface area (Å²) in [7, 11) is 0. The highest BCUT2D eigenvalue weighted by Crippen LogP contribution is 2.23. The van der Waals surface area contributed by atoms with Gasteiger partial charge in [0.1, 0.15) is 5.69 Å². The molecule has 102 valence electrons. The smallest absolute Gasteiger partial charge is 0.287 e. The molecule has 0 aliphatic heterocycles. The van der Waals surface area contributed by atoms with Crippen molar-refractivity contribution >= 4 is 11.6 Å². The number of fused-ring (bicyclic) bond motifs is 1. The van der Waals surface area contributed by atoms with Gasteiger partial charge >= 0.3 is 0 Å². The molecule has 0 atom stereocenters. The van der Waals surface area contributed by atoms with Gasteiger partial charge in [0, 0.05) is 6.20 Å². The molecule has 20 heavy (non-hydrogen) atoms. The summed E-state index contributed by atoms with van der Waals surface area (Å²) in [6.07, 6.45) is 5.27. The highest BCUT2D eigenvalue weighted by Gasteiger charge is 2.12. The van der Waals surface area contributed by atoms with Crippen molar-refractivity contribution in [3.63, 3.8) is 0 Å². The zero-order valence-corrected chi connectivity index (χ0v) is 11.4. The Morgan fingerprint density at radius 2 is 2.10 bits per heavy atom. The number of aryl methyl sites for hydroxylation is 2. The van der Waals surface area contributed by atoms with E-state index in [4.69, 9.17) is 0 Å². The molecule has 0 unspecified atom stereocenters. The van der Waals surface area contributed by atoms with E-state index in [-0.39, 0.29) is 5.91 Å². The number of amides is 1. The number of benzene rings is 1. The molecule has 2 N–H and O–H groups in total. The lowest BCUT2D eigenvalue weighted by molar-refractivity contribution is 0.0950. The van der Waals surface area contributed by atoms with Crippen LogP contribution in [0.5, 0.6) is 0 Å². The van der Waals surface area contributed by atoms with E-state index in [9.17, 15) is 4.79 Å². The van der Waals surface area contributed by atoms with Crippen molar-refractivity contribution < 1.29 is 4.79 Å². The SMILES string of the molecule is C/C(=N/NC(=O)c1ccc[nH]1)c1ccc2c(c1)CCC2. The predicted molar refractivity (Wildman–Crippen MR) is 78.9 cm³/mol.